The SMILES string of the molecule is COCCOCCOC(=O)NS. The molecule has 0 spiro atoms. The number of hydrogen-bond acceptors (Lipinski definition) is 5. The maximum Gasteiger partial charge on any atom is 0.417 e. The van der Waals surface area contributed by atoms with Crippen molar-refractivity contribution in [2.45, 2.75) is 0 Å². The highest BCUT2D eigenvalue weighted by Crippen LogP contribution is 1.81. The Kier molecular flexibility index (Phi) is 8.30. The van der Waals surface area contributed by atoms with Crippen LogP contribution in [0.15, 0.2) is 0 Å². The number of amides is 1. The zero-order valence-electron chi connectivity index (χ0n) is 6.91. The molecule has 0 heterocycles. The Morgan fingerprint density at radius 1 is 1.33 bits per heavy atom. The molecule has 5 nitrogen and oxygen atoms in total. The van der Waals surface area contributed by atoms with Crippen LogP contribution in [0.3, 0.4) is 0 Å². The third kappa shape index (κ3) is 7.64. The molecule has 0 aromatic carbocycles. The summed E-state index contributed by atoms with van der Waals surface area (Å²) in [6.07, 6.45) is -0.575. The molecule has 0 fully saturated rings. The lowest BCUT2D eigenvalue weighted by Gasteiger charge is -2.04. The standard InChI is InChI=1S/C6H13NO4S/c1-9-2-3-10-4-5-11-6(8)7-12/h12H,2-5H2,1H3,(H,7,8). The molecule has 72 valence electrons. The van der Waals surface area contributed by atoms with Gasteiger partial charge in [-0.1, -0.05) is 12.8 Å². The van der Waals surface area contributed by atoms with Crippen molar-refractivity contribution in [3.63, 3.8) is 0 Å². The molecule has 0 aliphatic carbocycles. The van der Waals surface area contributed by atoms with E-state index in [9.17, 15) is 4.79 Å². The summed E-state index contributed by atoms with van der Waals surface area (Å²) in [5.74, 6) is 0. The molecule has 0 atom stereocenters. The van der Waals surface area contributed by atoms with E-state index in [1.165, 1.54) is 0 Å². The van der Waals surface area contributed by atoms with Crippen LogP contribution in [0.25, 0.3) is 0 Å². The van der Waals surface area contributed by atoms with Crippen LogP contribution in [0.1, 0.15) is 0 Å². The predicted molar refractivity (Wildman–Crippen MR) is 46.2 cm³/mol. The number of nitrogens with one attached hydrogen (secondary N) is 1. The van der Waals surface area contributed by atoms with Crippen LogP contribution in [0, 0.1) is 0 Å². The van der Waals surface area contributed by atoms with Crippen molar-refractivity contribution >= 4 is 18.9 Å². The first kappa shape index (κ1) is 11.5. The van der Waals surface area contributed by atoms with Crippen molar-refractivity contribution in [2.75, 3.05) is 33.5 Å². The summed E-state index contributed by atoms with van der Waals surface area (Å²) in [5, 5.41) is 0. The van der Waals surface area contributed by atoms with Crippen LogP contribution in [-0.2, 0) is 14.2 Å². The molecule has 0 aliphatic rings. The van der Waals surface area contributed by atoms with Gasteiger partial charge in [0.05, 0.1) is 19.8 Å². The molecule has 0 bridgehead atoms. The lowest BCUT2D eigenvalue weighted by molar-refractivity contribution is 0.0433. The first-order valence-corrected chi connectivity index (χ1v) is 3.89. The highest BCUT2D eigenvalue weighted by Gasteiger charge is 1.96. The lowest BCUT2D eigenvalue weighted by Crippen LogP contribution is -2.18. The van der Waals surface area contributed by atoms with Gasteiger partial charge in [-0.15, -0.1) is 0 Å². The Balaban J connectivity index is 2.95. The van der Waals surface area contributed by atoms with Crippen LogP contribution >= 0.6 is 12.8 Å². The molecule has 0 rings (SSSR count). The van der Waals surface area contributed by atoms with Crippen LogP contribution in [-0.4, -0.2) is 39.6 Å². The van der Waals surface area contributed by atoms with Crippen molar-refractivity contribution < 1.29 is 19.0 Å². The number of thiol groups is 1. The fourth-order valence-corrected chi connectivity index (χ4v) is 0.534. The molecule has 0 aliphatic heterocycles. The van der Waals surface area contributed by atoms with Gasteiger partial charge in [0.15, 0.2) is 0 Å². The van der Waals surface area contributed by atoms with Gasteiger partial charge in [0.2, 0.25) is 0 Å². The predicted octanol–water partition coefficient (Wildman–Crippen LogP) is 0.220. The first-order valence-electron chi connectivity index (χ1n) is 3.44. The van der Waals surface area contributed by atoms with E-state index in [1.807, 2.05) is 4.72 Å². The maximum atomic E-state index is 10.4. The normalized spacial score (nSPS) is 9.50. The minimum atomic E-state index is -0.575. The zero-order valence-corrected chi connectivity index (χ0v) is 7.80. The molecule has 1 N–H and O–H groups in total. The van der Waals surface area contributed by atoms with Crippen molar-refractivity contribution in [3.8, 4) is 0 Å². The van der Waals surface area contributed by atoms with Gasteiger partial charge in [-0.3, -0.25) is 4.72 Å². The van der Waals surface area contributed by atoms with E-state index in [1.54, 1.807) is 7.11 Å². The minimum Gasteiger partial charge on any atom is -0.447 e. The second-order valence-electron chi connectivity index (χ2n) is 1.85. The molecule has 0 unspecified atom stereocenters. The maximum absolute atomic E-state index is 10.4. The van der Waals surface area contributed by atoms with E-state index in [0.717, 1.165) is 0 Å². The van der Waals surface area contributed by atoms with Gasteiger partial charge in [-0.05, 0) is 0 Å². The summed E-state index contributed by atoms with van der Waals surface area (Å²) in [5.41, 5.74) is 0. The molecule has 0 saturated carbocycles. The molecule has 12 heavy (non-hydrogen) atoms. The van der Waals surface area contributed by atoms with Crippen molar-refractivity contribution in [3.05, 3.63) is 0 Å². The zero-order chi connectivity index (χ0) is 9.23. The summed E-state index contributed by atoms with van der Waals surface area (Å²) in [6, 6.07) is 0. The Bertz CT molecular complexity index is 122. The Hall–Kier alpha value is -0.460. The monoisotopic (exact) mass is 195 g/mol. The van der Waals surface area contributed by atoms with Gasteiger partial charge in [0.1, 0.15) is 6.61 Å². The second-order valence-corrected chi connectivity index (χ2v) is 2.08. The highest BCUT2D eigenvalue weighted by atomic mass is 32.1. The van der Waals surface area contributed by atoms with Crippen LogP contribution in [0.2, 0.25) is 0 Å². The molecule has 0 aromatic rings. The molecule has 6 heteroatoms. The summed E-state index contributed by atoms with van der Waals surface area (Å²) in [4.78, 5) is 10.4. The van der Waals surface area contributed by atoms with Gasteiger partial charge in [0, 0.05) is 7.11 Å². The average molecular weight is 195 g/mol. The van der Waals surface area contributed by atoms with E-state index < -0.39 is 6.09 Å². The largest absolute Gasteiger partial charge is 0.447 e. The van der Waals surface area contributed by atoms with E-state index >= 15 is 0 Å². The third-order valence-electron chi connectivity index (χ3n) is 0.984. The number of carbonyl (C=O) groups is 1. The smallest absolute Gasteiger partial charge is 0.417 e. The van der Waals surface area contributed by atoms with Crippen molar-refractivity contribution in [1.82, 2.24) is 4.72 Å². The minimum absolute atomic E-state index is 0.218. The third-order valence-corrected chi connectivity index (χ3v) is 1.17. The topological polar surface area (TPSA) is 56.8 Å². The molecule has 0 saturated heterocycles. The van der Waals surface area contributed by atoms with E-state index in [-0.39, 0.29) is 6.61 Å². The van der Waals surface area contributed by atoms with Gasteiger partial charge in [-0.25, -0.2) is 4.79 Å². The van der Waals surface area contributed by atoms with E-state index in [0.29, 0.717) is 19.8 Å². The number of carbonyl (C=O) groups excluding carboxylic acids is 1. The second kappa shape index (κ2) is 8.63. The quantitative estimate of drug-likeness (QED) is 0.470. The Labute approximate surface area is 76.9 Å². The fraction of sp³-hybridized carbons (Fsp3) is 0.833. The molecular weight excluding hydrogens is 182 g/mol. The number of rotatable bonds is 6. The summed E-state index contributed by atoms with van der Waals surface area (Å²) in [7, 11) is 1.59. The summed E-state index contributed by atoms with van der Waals surface area (Å²) >= 11 is 3.49. The number of ether oxygens (including phenoxy) is 3. The summed E-state index contributed by atoms with van der Waals surface area (Å²) < 4.78 is 16.3. The Morgan fingerprint density at radius 2 is 2.00 bits per heavy atom. The van der Waals surface area contributed by atoms with Crippen LogP contribution < -0.4 is 4.72 Å². The number of methoxy groups -OCH3 is 1. The van der Waals surface area contributed by atoms with E-state index in [2.05, 4.69) is 17.6 Å². The fourth-order valence-electron chi connectivity index (χ4n) is 0.470. The molecule has 0 radical (unpaired) electrons. The molecule has 1 amide bonds. The van der Waals surface area contributed by atoms with Gasteiger partial charge in [-0.2, -0.15) is 0 Å². The Morgan fingerprint density at radius 3 is 2.58 bits per heavy atom. The average Bonchev–Trinajstić information content (AvgIpc) is 2.10. The van der Waals surface area contributed by atoms with Crippen LogP contribution in [0.5, 0.6) is 0 Å². The van der Waals surface area contributed by atoms with Gasteiger partial charge in [0.25, 0.3) is 0 Å². The molecule has 0 aromatic heterocycles. The van der Waals surface area contributed by atoms with Crippen molar-refractivity contribution in [1.29, 1.82) is 0 Å². The first-order chi connectivity index (χ1) is 5.81. The number of hydrogen-bond donors (Lipinski definition) is 2. The van der Waals surface area contributed by atoms with E-state index in [4.69, 9.17) is 9.47 Å². The summed E-state index contributed by atoms with van der Waals surface area (Å²) in [6.45, 7) is 1.63. The lowest BCUT2D eigenvalue weighted by atomic mass is 10.7. The van der Waals surface area contributed by atoms with Crippen LogP contribution in [0.4, 0.5) is 4.79 Å². The van der Waals surface area contributed by atoms with Gasteiger partial charge < -0.3 is 14.2 Å². The molecular formula is C6H13NO4S. The van der Waals surface area contributed by atoms with Crippen molar-refractivity contribution in [2.24, 2.45) is 0 Å². The van der Waals surface area contributed by atoms with Gasteiger partial charge >= 0.3 is 6.09 Å². The highest BCUT2D eigenvalue weighted by molar-refractivity contribution is 7.78.